The number of nitrogens with zero attached hydrogens (tertiary/aromatic N) is 2. The molecule has 1 N–H and O–H groups in total. The third-order valence-corrected chi connectivity index (χ3v) is 9.85. The van der Waals surface area contributed by atoms with Crippen LogP contribution >= 0.6 is 23.2 Å². The van der Waals surface area contributed by atoms with Crippen LogP contribution in [0.5, 0.6) is 0 Å². The van der Waals surface area contributed by atoms with Gasteiger partial charge in [-0.25, -0.2) is 8.42 Å². The molecule has 1 atom stereocenters. The minimum absolute atomic E-state index is 0.0469. The van der Waals surface area contributed by atoms with E-state index in [2.05, 4.69) is 5.32 Å². The van der Waals surface area contributed by atoms with Crippen molar-refractivity contribution in [1.29, 1.82) is 0 Å². The van der Waals surface area contributed by atoms with Crippen molar-refractivity contribution >= 4 is 50.7 Å². The van der Waals surface area contributed by atoms with Gasteiger partial charge in [-0.15, -0.1) is 0 Å². The lowest BCUT2D eigenvalue weighted by Gasteiger charge is -2.34. The van der Waals surface area contributed by atoms with Gasteiger partial charge in [0.25, 0.3) is 10.0 Å². The number of hydrogen-bond donors (Lipinski definition) is 1. The fourth-order valence-corrected chi connectivity index (χ4v) is 7.06. The molecule has 0 aliphatic heterocycles. The maximum atomic E-state index is 14.5. The lowest BCUT2D eigenvalue weighted by Crippen LogP contribution is -2.53. The van der Waals surface area contributed by atoms with E-state index in [0.29, 0.717) is 33.4 Å². The summed E-state index contributed by atoms with van der Waals surface area (Å²) in [6.07, 6.45) is 0.206. The minimum atomic E-state index is -4.19. The number of halogens is 2. The topological polar surface area (TPSA) is 86.8 Å². The molecule has 4 aromatic rings. The second kappa shape index (κ2) is 15.0. The van der Waals surface area contributed by atoms with E-state index in [0.717, 1.165) is 21.0 Å². The zero-order chi connectivity index (χ0) is 32.7. The van der Waals surface area contributed by atoms with Gasteiger partial charge in [0, 0.05) is 29.6 Å². The van der Waals surface area contributed by atoms with Crippen LogP contribution in [0.2, 0.25) is 10.0 Å². The first-order valence-electron chi connectivity index (χ1n) is 14.6. The Morgan fingerprint density at radius 2 is 1.51 bits per heavy atom. The van der Waals surface area contributed by atoms with Crippen molar-refractivity contribution in [1.82, 2.24) is 10.2 Å². The Kier molecular flexibility index (Phi) is 11.3. The molecule has 4 rings (SSSR count). The van der Waals surface area contributed by atoms with Gasteiger partial charge in [-0.3, -0.25) is 13.9 Å². The van der Waals surface area contributed by atoms with E-state index in [4.69, 9.17) is 23.2 Å². The number of rotatable bonds is 12. The summed E-state index contributed by atoms with van der Waals surface area (Å²) in [5.74, 6) is -0.928. The molecule has 0 saturated carbocycles. The number of aryl methyl sites for hydroxylation is 3. The maximum Gasteiger partial charge on any atom is 0.264 e. The number of amides is 2. The highest BCUT2D eigenvalue weighted by Gasteiger charge is 2.35. The first-order chi connectivity index (χ1) is 21.4. The lowest BCUT2D eigenvalue weighted by atomic mass is 10.0. The van der Waals surface area contributed by atoms with Crippen LogP contribution in [-0.2, 0) is 32.6 Å². The van der Waals surface area contributed by atoms with Crippen molar-refractivity contribution in [2.45, 2.75) is 51.6 Å². The molecule has 0 fully saturated rings. The molecule has 45 heavy (non-hydrogen) atoms. The Labute approximate surface area is 275 Å². The van der Waals surface area contributed by atoms with Gasteiger partial charge in [0.15, 0.2) is 0 Å². The summed E-state index contributed by atoms with van der Waals surface area (Å²) in [5, 5.41) is 3.61. The van der Waals surface area contributed by atoms with E-state index in [1.165, 1.54) is 17.0 Å². The Balaban J connectivity index is 1.84. The average molecular weight is 667 g/mol. The van der Waals surface area contributed by atoms with Crippen LogP contribution in [0.25, 0.3) is 0 Å². The number of carbonyl (C=O) groups excluding carboxylic acids is 2. The third kappa shape index (κ3) is 8.45. The van der Waals surface area contributed by atoms with E-state index >= 15 is 0 Å². The molecule has 0 spiro atoms. The number of benzene rings is 4. The maximum absolute atomic E-state index is 14.5. The number of nitrogens with one attached hydrogen (secondary N) is 1. The van der Waals surface area contributed by atoms with Crippen molar-refractivity contribution in [3.63, 3.8) is 0 Å². The molecule has 0 saturated heterocycles. The molecular weight excluding hydrogens is 629 g/mol. The lowest BCUT2D eigenvalue weighted by molar-refractivity contribution is -0.140. The first-order valence-corrected chi connectivity index (χ1v) is 16.8. The van der Waals surface area contributed by atoms with Crippen LogP contribution < -0.4 is 9.62 Å². The van der Waals surface area contributed by atoms with E-state index in [9.17, 15) is 18.0 Å². The van der Waals surface area contributed by atoms with Crippen LogP contribution in [0.3, 0.4) is 0 Å². The van der Waals surface area contributed by atoms with Crippen LogP contribution in [0, 0.1) is 20.8 Å². The number of hydrogen-bond acceptors (Lipinski definition) is 4. The molecule has 2 amide bonds. The Bertz CT molecular complexity index is 1760. The number of carbonyl (C=O) groups is 2. The molecule has 7 nitrogen and oxygen atoms in total. The van der Waals surface area contributed by atoms with Gasteiger partial charge >= 0.3 is 0 Å². The second-order valence-corrected chi connectivity index (χ2v) is 13.7. The summed E-state index contributed by atoms with van der Waals surface area (Å²) >= 11 is 12.7. The van der Waals surface area contributed by atoms with Crippen molar-refractivity contribution in [2.24, 2.45) is 0 Å². The summed E-state index contributed by atoms with van der Waals surface area (Å²) in [5.41, 5.74) is 4.32. The van der Waals surface area contributed by atoms with Gasteiger partial charge in [-0.05, 0) is 74.7 Å². The predicted molar refractivity (Wildman–Crippen MR) is 181 cm³/mol. The van der Waals surface area contributed by atoms with E-state index in [1.54, 1.807) is 43.3 Å². The van der Waals surface area contributed by atoms with E-state index in [-0.39, 0.29) is 23.8 Å². The Morgan fingerprint density at radius 1 is 0.844 bits per heavy atom. The minimum Gasteiger partial charge on any atom is -0.355 e. The smallest absolute Gasteiger partial charge is 0.264 e. The molecule has 4 aromatic carbocycles. The molecule has 0 aliphatic rings. The van der Waals surface area contributed by atoms with Gasteiger partial charge in [-0.2, -0.15) is 0 Å². The van der Waals surface area contributed by atoms with E-state index < -0.39 is 28.5 Å². The van der Waals surface area contributed by atoms with Gasteiger partial charge < -0.3 is 10.2 Å². The van der Waals surface area contributed by atoms with Gasteiger partial charge in [0.2, 0.25) is 11.8 Å². The SMILES string of the molecule is CCNC(=O)C(Cc1ccccc1)N(Cc1ccc(Cl)cc1Cl)C(=O)CN(c1ccc(C)cc1C)S(=O)(=O)c1ccc(C)cc1. The number of anilines is 1. The highest BCUT2D eigenvalue weighted by atomic mass is 35.5. The van der Waals surface area contributed by atoms with E-state index in [1.807, 2.05) is 63.2 Å². The first kappa shape index (κ1) is 34.0. The van der Waals surface area contributed by atoms with Gasteiger partial charge in [0.1, 0.15) is 12.6 Å². The van der Waals surface area contributed by atoms with Crippen molar-refractivity contribution < 1.29 is 18.0 Å². The summed E-state index contributed by atoms with van der Waals surface area (Å²) in [6.45, 7) is 7.15. The molecule has 0 heterocycles. The molecule has 10 heteroatoms. The fraction of sp³-hybridized carbons (Fsp3) is 0.257. The second-order valence-electron chi connectivity index (χ2n) is 11.0. The monoisotopic (exact) mass is 665 g/mol. The highest BCUT2D eigenvalue weighted by molar-refractivity contribution is 7.92. The molecule has 0 aromatic heterocycles. The zero-order valence-electron chi connectivity index (χ0n) is 25.8. The number of sulfonamides is 1. The summed E-state index contributed by atoms with van der Waals surface area (Å²) in [4.78, 5) is 29.6. The Morgan fingerprint density at radius 3 is 2.13 bits per heavy atom. The largest absolute Gasteiger partial charge is 0.355 e. The summed E-state index contributed by atoms with van der Waals surface area (Å²) in [7, 11) is -4.19. The summed E-state index contributed by atoms with van der Waals surface area (Å²) in [6, 6.07) is 25.2. The molecule has 236 valence electrons. The normalized spacial score (nSPS) is 12.0. The zero-order valence-corrected chi connectivity index (χ0v) is 28.1. The molecule has 0 radical (unpaired) electrons. The van der Waals surface area contributed by atoms with Crippen LogP contribution in [0.4, 0.5) is 5.69 Å². The molecular formula is C35H37Cl2N3O4S. The van der Waals surface area contributed by atoms with Gasteiger partial charge in [0.05, 0.1) is 10.6 Å². The molecule has 0 aliphatic carbocycles. The summed E-state index contributed by atoms with van der Waals surface area (Å²) < 4.78 is 29.6. The average Bonchev–Trinajstić information content (AvgIpc) is 2.99. The van der Waals surface area contributed by atoms with Crippen molar-refractivity contribution in [3.8, 4) is 0 Å². The quantitative estimate of drug-likeness (QED) is 0.179. The molecule has 0 bridgehead atoms. The Hall–Kier alpha value is -3.85. The van der Waals surface area contributed by atoms with Crippen LogP contribution in [0.1, 0.15) is 34.7 Å². The van der Waals surface area contributed by atoms with Crippen molar-refractivity contribution in [2.75, 3.05) is 17.4 Å². The molecule has 1 unspecified atom stereocenters. The number of likely N-dealkylation sites (N-methyl/N-ethyl adjacent to an activating group) is 1. The van der Waals surface area contributed by atoms with Crippen molar-refractivity contribution in [3.05, 3.63) is 129 Å². The fourth-order valence-electron chi connectivity index (χ4n) is 5.12. The standard InChI is InChI=1S/C35H37Cl2N3O4S/c1-5-38-35(42)33(20-27-9-7-6-8-10-27)39(22-28-14-15-29(36)21-31(28)37)34(41)23-40(32-18-13-25(3)19-26(32)4)45(43,44)30-16-11-24(2)12-17-30/h6-19,21,33H,5,20,22-23H2,1-4H3,(H,38,42). The highest BCUT2D eigenvalue weighted by Crippen LogP contribution is 2.29. The van der Waals surface area contributed by atoms with Crippen LogP contribution in [-0.4, -0.2) is 44.3 Å². The predicted octanol–water partition coefficient (Wildman–Crippen LogP) is 6.89. The van der Waals surface area contributed by atoms with Gasteiger partial charge in [-0.1, -0.05) is 95.0 Å². The van der Waals surface area contributed by atoms with Crippen LogP contribution in [0.15, 0.2) is 95.9 Å². The third-order valence-electron chi connectivity index (χ3n) is 7.49.